The number of aromatic nitrogens is 3. The van der Waals surface area contributed by atoms with Crippen LogP contribution in [0.15, 0.2) is 6.20 Å². The van der Waals surface area contributed by atoms with Crippen LogP contribution in [0.2, 0.25) is 0 Å². The molecule has 0 spiro atoms. The predicted molar refractivity (Wildman–Crippen MR) is 78.3 cm³/mol. The molecule has 1 aromatic heterocycles. The fourth-order valence-corrected chi connectivity index (χ4v) is 2.47. The van der Waals surface area contributed by atoms with Crippen LogP contribution in [0.25, 0.3) is 0 Å². The number of rotatable bonds is 7. The summed E-state index contributed by atoms with van der Waals surface area (Å²) < 4.78 is 0. The highest BCUT2D eigenvalue weighted by Gasteiger charge is 2.14. The summed E-state index contributed by atoms with van der Waals surface area (Å²) in [7, 11) is 0. The Morgan fingerprint density at radius 1 is 1.21 bits per heavy atom. The first kappa shape index (κ1) is 14.0. The molecule has 2 rings (SSSR count). The molecule has 0 atom stereocenters. The van der Waals surface area contributed by atoms with Crippen molar-refractivity contribution in [1.29, 1.82) is 0 Å². The Labute approximate surface area is 115 Å². The number of hydrogen-bond donors (Lipinski definition) is 2. The average molecular weight is 263 g/mol. The molecule has 1 heterocycles. The van der Waals surface area contributed by atoms with Gasteiger partial charge in [-0.15, -0.1) is 5.10 Å². The standard InChI is InChI=1S/C14H25N5/c1-2-3-7-10-15-13-11-16-19-14(18-13)17-12-8-5-4-6-9-12/h11-12H,2-10H2,1H3,(H2,15,17,18,19). The van der Waals surface area contributed by atoms with Crippen molar-refractivity contribution >= 4 is 11.8 Å². The van der Waals surface area contributed by atoms with Gasteiger partial charge in [-0.05, 0) is 19.3 Å². The largest absolute Gasteiger partial charge is 0.369 e. The number of nitrogens with one attached hydrogen (secondary N) is 2. The van der Waals surface area contributed by atoms with Crippen molar-refractivity contribution in [2.75, 3.05) is 17.2 Å². The third-order valence-corrected chi connectivity index (χ3v) is 3.58. The number of nitrogens with zero attached hydrogens (tertiary/aromatic N) is 3. The molecule has 0 unspecified atom stereocenters. The van der Waals surface area contributed by atoms with Gasteiger partial charge < -0.3 is 10.6 Å². The van der Waals surface area contributed by atoms with E-state index in [-0.39, 0.29) is 0 Å². The molecule has 1 aliphatic carbocycles. The van der Waals surface area contributed by atoms with Gasteiger partial charge in [-0.3, -0.25) is 0 Å². The maximum atomic E-state index is 4.47. The second kappa shape index (κ2) is 7.92. The smallest absolute Gasteiger partial charge is 0.244 e. The predicted octanol–water partition coefficient (Wildman–Crippen LogP) is 3.22. The van der Waals surface area contributed by atoms with Gasteiger partial charge in [0.25, 0.3) is 0 Å². The Morgan fingerprint density at radius 3 is 2.84 bits per heavy atom. The molecule has 2 N–H and O–H groups in total. The Balaban J connectivity index is 1.80. The van der Waals surface area contributed by atoms with Crippen molar-refractivity contribution in [3.63, 3.8) is 0 Å². The van der Waals surface area contributed by atoms with Gasteiger partial charge >= 0.3 is 0 Å². The van der Waals surface area contributed by atoms with E-state index in [1.165, 1.54) is 51.4 Å². The summed E-state index contributed by atoms with van der Waals surface area (Å²) in [6.07, 6.45) is 11.8. The topological polar surface area (TPSA) is 62.7 Å². The summed E-state index contributed by atoms with van der Waals surface area (Å²) in [4.78, 5) is 4.47. The lowest BCUT2D eigenvalue weighted by Gasteiger charge is -2.22. The van der Waals surface area contributed by atoms with Crippen LogP contribution in [0, 0.1) is 0 Å². The normalized spacial score (nSPS) is 16.3. The molecule has 106 valence electrons. The molecule has 19 heavy (non-hydrogen) atoms. The molecule has 1 aromatic rings. The monoisotopic (exact) mass is 263 g/mol. The lowest BCUT2D eigenvalue weighted by molar-refractivity contribution is 0.460. The third kappa shape index (κ3) is 5.01. The van der Waals surface area contributed by atoms with Crippen molar-refractivity contribution in [3.05, 3.63) is 6.20 Å². The molecule has 0 amide bonds. The minimum atomic E-state index is 0.519. The van der Waals surface area contributed by atoms with E-state index < -0.39 is 0 Å². The van der Waals surface area contributed by atoms with E-state index in [4.69, 9.17) is 0 Å². The zero-order valence-electron chi connectivity index (χ0n) is 11.9. The SMILES string of the molecule is CCCCCNc1cnnc(NC2CCCCC2)n1. The van der Waals surface area contributed by atoms with Gasteiger partial charge in [0.05, 0.1) is 6.20 Å². The minimum absolute atomic E-state index is 0.519. The maximum Gasteiger partial charge on any atom is 0.244 e. The summed E-state index contributed by atoms with van der Waals surface area (Å²) in [5, 5.41) is 14.8. The van der Waals surface area contributed by atoms with Gasteiger partial charge in [0, 0.05) is 12.6 Å². The summed E-state index contributed by atoms with van der Waals surface area (Å²) >= 11 is 0. The van der Waals surface area contributed by atoms with E-state index in [2.05, 4.69) is 32.7 Å². The summed E-state index contributed by atoms with van der Waals surface area (Å²) in [5.74, 6) is 1.48. The molecule has 1 fully saturated rings. The quantitative estimate of drug-likeness (QED) is 0.740. The lowest BCUT2D eigenvalue weighted by atomic mass is 9.96. The second-order valence-corrected chi connectivity index (χ2v) is 5.28. The van der Waals surface area contributed by atoms with E-state index in [0.717, 1.165) is 12.4 Å². The number of anilines is 2. The summed E-state index contributed by atoms with van der Waals surface area (Å²) in [6, 6.07) is 0.519. The molecule has 0 aliphatic heterocycles. The van der Waals surface area contributed by atoms with Crippen LogP contribution >= 0.6 is 0 Å². The van der Waals surface area contributed by atoms with Gasteiger partial charge in [0.2, 0.25) is 5.95 Å². The van der Waals surface area contributed by atoms with Crippen LogP contribution in [-0.4, -0.2) is 27.8 Å². The highest BCUT2D eigenvalue weighted by molar-refractivity contribution is 5.37. The lowest BCUT2D eigenvalue weighted by Crippen LogP contribution is -2.24. The zero-order valence-corrected chi connectivity index (χ0v) is 11.9. The van der Waals surface area contributed by atoms with Crippen molar-refractivity contribution < 1.29 is 0 Å². The van der Waals surface area contributed by atoms with Crippen molar-refractivity contribution in [2.45, 2.75) is 64.3 Å². The molecule has 1 saturated carbocycles. The molecule has 0 bridgehead atoms. The van der Waals surface area contributed by atoms with E-state index >= 15 is 0 Å². The fraction of sp³-hybridized carbons (Fsp3) is 0.786. The van der Waals surface area contributed by atoms with E-state index in [0.29, 0.717) is 12.0 Å². The Bertz CT molecular complexity index is 363. The minimum Gasteiger partial charge on any atom is -0.369 e. The highest BCUT2D eigenvalue weighted by atomic mass is 15.3. The van der Waals surface area contributed by atoms with Crippen molar-refractivity contribution in [1.82, 2.24) is 15.2 Å². The number of hydrogen-bond acceptors (Lipinski definition) is 5. The van der Waals surface area contributed by atoms with Crippen LogP contribution < -0.4 is 10.6 Å². The highest BCUT2D eigenvalue weighted by Crippen LogP contribution is 2.20. The average Bonchev–Trinajstić information content (AvgIpc) is 2.45. The Kier molecular flexibility index (Phi) is 5.85. The molecule has 5 heteroatoms. The van der Waals surface area contributed by atoms with Crippen LogP contribution in [0.1, 0.15) is 58.3 Å². The summed E-state index contributed by atoms with van der Waals surface area (Å²) in [6.45, 7) is 3.16. The van der Waals surface area contributed by atoms with Crippen LogP contribution in [-0.2, 0) is 0 Å². The van der Waals surface area contributed by atoms with Gasteiger partial charge in [-0.1, -0.05) is 39.0 Å². The van der Waals surface area contributed by atoms with Crippen LogP contribution in [0.4, 0.5) is 11.8 Å². The molecule has 0 saturated heterocycles. The fourth-order valence-electron chi connectivity index (χ4n) is 2.47. The van der Waals surface area contributed by atoms with Crippen molar-refractivity contribution in [3.8, 4) is 0 Å². The first-order chi connectivity index (χ1) is 9.38. The van der Waals surface area contributed by atoms with Crippen LogP contribution in [0.3, 0.4) is 0 Å². The van der Waals surface area contributed by atoms with Crippen molar-refractivity contribution in [2.24, 2.45) is 0 Å². The van der Waals surface area contributed by atoms with Gasteiger partial charge in [0.1, 0.15) is 5.82 Å². The second-order valence-electron chi connectivity index (χ2n) is 5.28. The maximum absolute atomic E-state index is 4.47. The van der Waals surface area contributed by atoms with Gasteiger partial charge in [-0.2, -0.15) is 10.1 Å². The molecule has 0 aromatic carbocycles. The Hall–Kier alpha value is -1.39. The zero-order chi connectivity index (χ0) is 13.3. The molecular formula is C14H25N5. The number of unbranched alkanes of at least 4 members (excludes halogenated alkanes) is 2. The van der Waals surface area contributed by atoms with E-state index in [9.17, 15) is 0 Å². The van der Waals surface area contributed by atoms with Crippen LogP contribution in [0.5, 0.6) is 0 Å². The molecule has 0 radical (unpaired) electrons. The Morgan fingerprint density at radius 2 is 2.05 bits per heavy atom. The first-order valence-corrected chi connectivity index (χ1v) is 7.58. The third-order valence-electron chi connectivity index (χ3n) is 3.58. The van der Waals surface area contributed by atoms with E-state index in [1.807, 2.05) is 0 Å². The van der Waals surface area contributed by atoms with Gasteiger partial charge in [-0.25, -0.2) is 0 Å². The molecular weight excluding hydrogens is 238 g/mol. The molecule has 1 aliphatic rings. The van der Waals surface area contributed by atoms with E-state index in [1.54, 1.807) is 6.20 Å². The van der Waals surface area contributed by atoms with Gasteiger partial charge in [0.15, 0.2) is 0 Å². The molecule has 5 nitrogen and oxygen atoms in total. The summed E-state index contributed by atoms with van der Waals surface area (Å²) in [5.41, 5.74) is 0. The first-order valence-electron chi connectivity index (χ1n) is 7.58.